The Labute approximate surface area is 163 Å². The number of hydrogen-bond donors (Lipinski definition) is 0. The van der Waals surface area contributed by atoms with Gasteiger partial charge < -0.3 is 9.32 Å². The maximum atomic E-state index is 12.7. The molecular weight excluding hydrogens is 358 g/mol. The zero-order chi connectivity index (χ0) is 18.8. The first-order valence-electron chi connectivity index (χ1n) is 9.30. The van der Waals surface area contributed by atoms with Crippen LogP contribution >= 0.6 is 11.3 Å². The van der Waals surface area contributed by atoms with E-state index in [4.69, 9.17) is 4.42 Å². The van der Waals surface area contributed by atoms with E-state index in [0.29, 0.717) is 18.2 Å². The van der Waals surface area contributed by atoms with E-state index in [1.54, 1.807) is 11.3 Å². The molecule has 6 heteroatoms. The number of nitrogens with zero attached hydrogens (tertiary/aromatic N) is 3. The number of likely N-dealkylation sites (tertiary alicyclic amines) is 1. The zero-order valence-corrected chi connectivity index (χ0v) is 16.5. The molecule has 140 valence electrons. The standard InChI is InChI=1S/C21H23N3O2S/c1-14-3-5-16(6-4-14)20-23-18(15(2)26-20)13-19(25)24-10-7-17(8-11-24)21-22-9-12-27-21/h3-6,9,12,17H,7-8,10-11,13H2,1-2H3. The summed E-state index contributed by atoms with van der Waals surface area (Å²) >= 11 is 1.71. The van der Waals surface area contributed by atoms with Crippen molar-refractivity contribution in [2.75, 3.05) is 13.1 Å². The molecule has 3 aromatic rings. The van der Waals surface area contributed by atoms with Crippen molar-refractivity contribution in [3.63, 3.8) is 0 Å². The monoisotopic (exact) mass is 381 g/mol. The minimum Gasteiger partial charge on any atom is -0.441 e. The largest absolute Gasteiger partial charge is 0.441 e. The molecule has 1 aromatic carbocycles. The molecule has 1 aliphatic heterocycles. The summed E-state index contributed by atoms with van der Waals surface area (Å²) in [5.41, 5.74) is 2.86. The molecule has 27 heavy (non-hydrogen) atoms. The molecule has 0 bridgehead atoms. The lowest BCUT2D eigenvalue weighted by Gasteiger charge is -2.31. The highest BCUT2D eigenvalue weighted by Gasteiger charge is 2.26. The lowest BCUT2D eigenvalue weighted by atomic mass is 9.97. The number of oxazole rings is 1. The molecule has 0 aliphatic carbocycles. The number of thiazole rings is 1. The van der Waals surface area contributed by atoms with Crippen LogP contribution in [0.3, 0.4) is 0 Å². The second kappa shape index (κ2) is 7.64. The average Bonchev–Trinajstić information content (AvgIpc) is 3.33. The SMILES string of the molecule is Cc1ccc(-c2nc(CC(=O)N3CCC(c4nccs4)CC3)c(C)o2)cc1. The van der Waals surface area contributed by atoms with Gasteiger partial charge in [-0.25, -0.2) is 9.97 Å². The first-order chi connectivity index (χ1) is 13.1. The van der Waals surface area contributed by atoms with Crippen molar-refractivity contribution in [1.82, 2.24) is 14.9 Å². The number of rotatable bonds is 4. The fourth-order valence-corrected chi connectivity index (χ4v) is 4.29. The van der Waals surface area contributed by atoms with Crippen LogP contribution in [0.1, 0.15) is 40.8 Å². The highest BCUT2D eigenvalue weighted by Crippen LogP contribution is 2.30. The van der Waals surface area contributed by atoms with Crippen LogP contribution in [0, 0.1) is 13.8 Å². The summed E-state index contributed by atoms with van der Waals surface area (Å²) in [6, 6.07) is 8.06. The number of hydrogen-bond acceptors (Lipinski definition) is 5. The van der Waals surface area contributed by atoms with Gasteiger partial charge in [0.1, 0.15) is 5.76 Å². The van der Waals surface area contributed by atoms with E-state index in [1.807, 2.05) is 54.6 Å². The second-order valence-electron chi connectivity index (χ2n) is 7.09. The molecular formula is C21H23N3O2S. The zero-order valence-electron chi connectivity index (χ0n) is 15.6. The summed E-state index contributed by atoms with van der Waals surface area (Å²) in [6.45, 7) is 5.49. The molecule has 5 nitrogen and oxygen atoms in total. The average molecular weight is 382 g/mol. The highest BCUT2D eigenvalue weighted by molar-refractivity contribution is 7.09. The van der Waals surface area contributed by atoms with Gasteiger partial charge in [-0.05, 0) is 38.8 Å². The van der Waals surface area contributed by atoms with E-state index in [1.165, 1.54) is 10.6 Å². The topological polar surface area (TPSA) is 59.2 Å². The van der Waals surface area contributed by atoms with Gasteiger partial charge in [0.15, 0.2) is 0 Å². The number of carbonyl (C=O) groups excluding carboxylic acids is 1. The predicted molar refractivity (Wildman–Crippen MR) is 106 cm³/mol. The number of benzene rings is 1. The normalized spacial score (nSPS) is 15.3. The van der Waals surface area contributed by atoms with Gasteiger partial charge >= 0.3 is 0 Å². The third kappa shape index (κ3) is 3.95. The van der Waals surface area contributed by atoms with E-state index in [-0.39, 0.29) is 5.91 Å². The smallest absolute Gasteiger partial charge is 0.228 e. The van der Waals surface area contributed by atoms with Crippen LogP contribution in [-0.2, 0) is 11.2 Å². The van der Waals surface area contributed by atoms with Gasteiger partial charge in [0.25, 0.3) is 0 Å². The van der Waals surface area contributed by atoms with Crippen molar-refractivity contribution in [1.29, 1.82) is 0 Å². The third-order valence-electron chi connectivity index (χ3n) is 5.16. The molecule has 2 aromatic heterocycles. The molecule has 1 aliphatic rings. The van der Waals surface area contributed by atoms with Crippen molar-refractivity contribution in [2.45, 2.75) is 39.0 Å². The minimum absolute atomic E-state index is 0.124. The molecule has 1 fully saturated rings. The molecule has 0 radical (unpaired) electrons. The summed E-state index contributed by atoms with van der Waals surface area (Å²) < 4.78 is 5.81. The van der Waals surface area contributed by atoms with Gasteiger partial charge in [0.2, 0.25) is 11.8 Å². The van der Waals surface area contributed by atoms with E-state index >= 15 is 0 Å². The maximum Gasteiger partial charge on any atom is 0.228 e. The van der Waals surface area contributed by atoms with Crippen LogP contribution < -0.4 is 0 Å². The Morgan fingerprint density at radius 1 is 1.22 bits per heavy atom. The summed E-state index contributed by atoms with van der Waals surface area (Å²) in [4.78, 5) is 23.7. The summed E-state index contributed by atoms with van der Waals surface area (Å²) in [7, 11) is 0. The van der Waals surface area contributed by atoms with Crippen LogP contribution in [0.25, 0.3) is 11.5 Å². The van der Waals surface area contributed by atoms with Gasteiger partial charge in [-0.3, -0.25) is 4.79 Å². The fraction of sp³-hybridized carbons (Fsp3) is 0.381. The predicted octanol–water partition coefficient (Wildman–Crippen LogP) is 4.36. The van der Waals surface area contributed by atoms with E-state index in [0.717, 1.165) is 42.9 Å². The van der Waals surface area contributed by atoms with Gasteiger partial charge in [-0.2, -0.15) is 0 Å². The molecule has 3 heterocycles. The van der Waals surface area contributed by atoms with Gasteiger partial charge in [0.05, 0.1) is 17.1 Å². The molecule has 0 atom stereocenters. The third-order valence-corrected chi connectivity index (χ3v) is 6.10. The molecule has 0 N–H and O–H groups in total. The summed E-state index contributed by atoms with van der Waals surface area (Å²) in [5.74, 6) is 1.91. The Morgan fingerprint density at radius 2 is 1.96 bits per heavy atom. The number of piperidine rings is 1. The molecule has 0 spiro atoms. The van der Waals surface area contributed by atoms with Gasteiger partial charge in [0, 0.05) is 36.1 Å². The number of aryl methyl sites for hydroxylation is 2. The van der Waals surface area contributed by atoms with Crippen molar-refractivity contribution in [2.24, 2.45) is 0 Å². The molecule has 1 saturated heterocycles. The molecule has 1 amide bonds. The first-order valence-corrected chi connectivity index (χ1v) is 10.2. The Kier molecular flexibility index (Phi) is 5.07. The van der Waals surface area contributed by atoms with Crippen molar-refractivity contribution >= 4 is 17.2 Å². The Bertz CT molecular complexity index is 908. The fourth-order valence-electron chi connectivity index (χ4n) is 3.48. The minimum atomic E-state index is 0.124. The maximum absolute atomic E-state index is 12.7. The van der Waals surface area contributed by atoms with E-state index in [2.05, 4.69) is 9.97 Å². The number of carbonyl (C=O) groups is 1. The number of amides is 1. The quantitative estimate of drug-likeness (QED) is 0.674. The Balaban J connectivity index is 1.39. The lowest BCUT2D eigenvalue weighted by Crippen LogP contribution is -2.38. The van der Waals surface area contributed by atoms with Crippen molar-refractivity contribution in [3.8, 4) is 11.5 Å². The van der Waals surface area contributed by atoms with Gasteiger partial charge in [-0.15, -0.1) is 11.3 Å². The Hall–Kier alpha value is -2.47. The van der Waals surface area contributed by atoms with Crippen LogP contribution in [0.2, 0.25) is 0 Å². The lowest BCUT2D eigenvalue weighted by molar-refractivity contribution is -0.131. The summed E-state index contributed by atoms with van der Waals surface area (Å²) in [5, 5.41) is 3.21. The van der Waals surface area contributed by atoms with Crippen molar-refractivity contribution < 1.29 is 9.21 Å². The first kappa shape index (κ1) is 17.9. The van der Waals surface area contributed by atoms with Crippen LogP contribution in [0.15, 0.2) is 40.3 Å². The highest BCUT2D eigenvalue weighted by atomic mass is 32.1. The van der Waals surface area contributed by atoms with Crippen LogP contribution in [0.4, 0.5) is 0 Å². The van der Waals surface area contributed by atoms with Gasteiger partial charge in [-0.1, -0.05) is 17.7 Å². The van der Waals surface area contributed by atoms with Crippen LogP contribution in [-0.4, -0.2) is 33.9 Å². The molecule has 0 unspecified atom stereocenters. The summed E-state index contributed by atoms with van der Waals surface area (Å²) in [6.07, 6.45) is 4.11. The number of aromatic nitrogens is 2. The molecule has 0 saturated carbocycles. The molecule has 4 rings (SSSR count). The van der Waals surface area contributed by atoms with E-state index in [9.17, 15) is 4.79 Å². The van der Waals surface area contributed by atoms with Crippen LogP contribution in [0.5, 0.6) is 0 Å². The Morgan fingerprint density at radius 3 is 2.63 bits per heavy atom. The van der Waals surface area contributed by atoms with E-state index < -0.39 is 0 Å². The second-order valence-corrected chi connectivity index (χ2v) is 8.02. The van der Waals surface area contributed by atoms with Crippen molar-refractivity contribution in [3.05, 3.63) is 57.9 Å².